The van der Waals surface area contributed by atoms with Crippen molar-refractivity contribution in [2.24, 2.45) is 10.8 Å². The molecular formula is C4H9N5O4. The Hall–Kier alpha value is -2.06. The van der Waals surface area contributed by atoms with E-state index in [1.807, 2.05) is 5.32 Å². The third-order valence-corrected chi connectivity index (χ3v) is 0.897. The average Bonchev–Trinajstić information content (AvgIpc) is 1.96. The van der Waals surface area contributed by atoms with Crippen molar-refractivity contribution in [1.82, 2.24) is 10.6 Å². The number of nitrogens with zero attached hydrogens (tertiary/aromatic N) is 2. The maximum atomic E-state index is 9.91. The van der Waals surface area contributed by atoms with Crippen LogP contribution in [0.3, 0.4) is 0 Å². The molecule has 0 saturated heterocycles. The smallest absolute Gasteiger partial charge is 0.404 e. The Bertz CT molecular complexity index is 227. The van der Waals surface area contributed by atoms with Crippen molar-refractivity contribution in [3.8, 4) is 0 Å². The number of carboxylic acid groups (broad SMARTS) is 1. The van der Waals surface area contributed by atoms with E-state index in [1.54, 1.807) is 0 Å². The summed E-state index contributed by atoms with van der Waals surface area (Å²) in [5.41, 5.74) is 5.01. The summed E-state index contributed by atoms with van der Waals surface area (Å²) in [4.78, 5) is 19.7. The lowest BCUT2D eigenvalue weighted by Crippen LogP contribution is -2.38. The first-order valence-corrected chi connectivity index (χ1v) is 3.21. The molecule has 74 valence electrons. The molecule has 0 fully saturated rings. The van der Waals surface area contributed by atoms with Gasteiger partial charge in [0.05, 0.1) is 0 Å². The van der Waals surface area contributed by atoms with Crippen molar-refractivity contribution >= 4 is 12.1 Å². The maximum absolute atomic E-state index is 9.91. The van der Waals surface area contributed by atoms with Crippen LogP contribution in [0.2, 0.25) is 0 Å². The van der Waals surface area contributed by atoms with Gasteiger partial charge in [0.2, 0.25) is 0 Å². The Labute approximate surface area is 72.7 Å². The number of carbonyl (C=O) groups is 1. The highest BCUT2D eigenvalue weighted by atomic mass is 16.7. The molecule has 5 N–H and O–H groups in total. The molecule has 0 heterocycles. The Balaban J connectivity index is 3.53. The molecule has 0 bridgehead atoms. The zero-order valence-electron chi connectivity index (χ0n) is 6.56. The summed E-state index contributed by atoms with van der Waals surface area (Å²) >= 11 is 0. The lowest BCUT2D eigenvalue weighted by Gasteiger charge is -2.01. The quantitative estimate of drug-likeness (QED) is 0.138. The van der Waals surface area contributed by atoms with E-state index in [9.17, 15) is 14.9 Å². The van der Waals surface area contributed by atoms with Gasteiger partial charge in [-0.05, 0) is 0 Å². The number of nitrogens with one attached hydrogen (secondary N) is 2. The van der Waals surface area contributed by atoms with Crippen molar-refractivity contribution in [2.75, 3.05) is 13.1 Å². The lowest BCUT2D eigenvalue weighted by molar-refractivity contribution is -0.485. The first-order chi connectivity index (χ1) is 6.02. The van der Waals surface area contributed by atoms with Gasteiger partial charge in [0, 0.05) is 13.1 Å². The van der Waals surface area contributed by atoms with Crippen molar-refractivity contribution < 1.29 is 14.9 Å². The van der Waals surface area contributed by atoms with E-state index in [2.05, 4.69) is 10.4 Å². The fourth-order valence-electron chi connectivity index (χ4n) is 0.483. The number of amides is 1. The largest absolute Gasteiger partial charge is 0.465 e. The number of rotatable bonds is 4. The van der Waals surface area contributed by atoms with Crippen molar-refractivity contribution in [3.05, 3.63) is 10.1 Å². The second kappa shape index (κ2) is 5.57. The summed E-state index contributed by atoms with van der Waals surface area (Å²) in [6.07, 6.45) is -1.17. The number of guanidine groups is 1. The molecule has 9 heteroatoms. The lowest BCUT2D eigenvalue weighted by atomic mass is 10.6. The van der Waals surface area contributed by atoms with E-state index >= 15 is 0 Å². The van der Waals surface area contributed by atoms with Crippen LogP contribution < -0.4 is 16.4 Å². The molecule has 0 aromatic rings. The minimum atomic E-state index is -1.17. The fraction of sp³-hybridized carbons (Fsp3) is 0.500. The maximum Gasteiger partial charge on any atom is 0.404 e. The number of hydrazone groups is 1. The molecule has 0 unspecified atom stereocenters. The first-order valence-electron chi connectivity index (χ1n) is 3.21. The molecule has 0 aliphatic rings. The molecule has 1 amide bonds. The summed E-state index contributed by atoms with van der Waals surface area (Å²) in [7, 11) is 0. The average molecular weight is 191 g/mol. The highest BCUT2D eigenvalue weighted by Gasteiger charge is 1.98. The molecule has 0 aromatic heterocycles. The van der Waals surface area contributed by atoms with Gasteiger partial charge in [0.15, 0.2) is 5.03 Å². The van der Waals surface area contributed by atoms with E-state index in [0.29, 0.717) is 0 Å². The third kappa shape index (κ3) is 7.84. The van der Waals surface area contributed by atoms with Gasteiger partial charge >= 0.3 is 6.09 Å². The van der Waals surface area contributed by atoms with E-state index < -0.39 is 11.1 Å². The van der Waals surface area contributed by atoms with Gasteiger partial charge in [-0.1, -0.05) is 0 Å². The van der Waals surface area contributed by atoms with Gasteiger partial charge < -0.3 is 21.5 Å². The van der Waals surface area contributed by atoms with Crippen LogP contribution in [0.25, 0.3) is 0 Å². The summed E-state index contributed by atoms with van der Waals surface area (Å²) < 4.78 is 0. The van der Waals surface area contributed by atoms with E-state index in [4.69, 9.17) is 10.8 Å². The summed E-state index contributed by atoms with van der Waals surface area (Å²) in [6.45, 7) is 0.221. The molecule has 0 aliphatic heterocycles. The normalized spacial score (nSPS) is 10.6. The predicted octanol–water partition coefficient (Wildman–Crippen LogP) is -1.65. The van der Waals surface area contributed by atoms with Crippen LogP contribution in [0.1, 0.15) is 0 Å². The molecule has 0 aliphatic carbocycles. The number of nitro groups is 1. The van der Waals surface area contributed by atoms with Crippen molar-refractivity contribution in [1.29, 1.82) is 0 Å². The van der Waals surface area contributed by atoms with Crippen LogP contribution in [0.5, 0.6) is 0 Å². The Morgan fingerprint density at radius 1 is 1.54 bits per heavy atom. The van der Waals surface area contributed by atoms with Crippen LogP contribution in [0.15, 0.2) is 5.10 Å². The number of hydrogen-bond acceptors (Lipinski definition) is 3. The molecule has 0 spiro atoms. The van der Waals surface area contributed by atoms with Gasteiger partial charge in [-0.2, -0.15) is 0 Å². The third-order valence-electron chi connectivity index (χ3n) is 0.897. The molecule has 0 aromatic carbocycles. The minimum absolute atomic E-state index is 0.0866. The molecular weight excluding hydrogens is 182 g/mol. The summed E-state index contributed by atoms with van der Waals surface area (Å²) in [6, 6.07) is 0. The van der Waals surface area contributed by atoms with Crippen LogP contribution in [0, 0.1) is 10.1 Å². The highest BCUT2D eigenvalue weighted by molar-refractivity contribution is 5.77. The van der Waals surface area contributed by atoms with Gasteiger partial charge in [0.1, 0.15) is 5.10 Å². The molecule has 0 radical (unpaired) electrons. The SMILES string of the molecule is N/C(=N\[N+](=O)[O-])NCCNC(=O)O. The van der Waals surface area contributed by atoms with E-state index in [0.717, 1.165) is 0 Å². The Kier molecular flexibility index (Phi) is 4.69. The summed E-state index contributed by atoms with van der Waals surface area (Å²) in [5, 5.41) is 24.0. The van der Waals surface area contributed by atoms with Crippen LogP contribution in [-0.2, 0) is 0 Å². The first kappa shape index (κ1) is 10.9. The van der Waals surface area contributed by atoms with Crippen molar-refractivity contribution in [2.45, 2.75) is 0 Å². The van der Waals surface area contributed by atoms with Crippen LogP contribution >= 0.6 is 0 Å². The zero-order valence-corrected chi connectivity index (χ0v) is 6.56. The Morgan fingerprint density at radius 2 is 2.08 bits per heavy atom. The second-order valence-corrected chi connectivity index (χ2v) is 1.88. The second-order valence-electron chi connectivity index (χ2n) is 1.88. The molecule has 0 atom stereocenters. The summed E-state index contributed by atoms with van der Waals surface area (Å²) in [5.74, 6) is -0.364. The minimum Gasteiger partial charge on any atom is -0.465 e. The standard InChI is InChI=1S/C4H9N5O4/c5-3(8-9(12)13)6-1-2-7-4(10)11/h7H,1-2H2,(H,10,11)(H3,5,6,8). The van der Waals surface area contributed by atoms with E-state index in [1.165, 1.54) is 0 Å². The number of hydrogen-bond donors (Lipinski definition) is 4. The van der Waals surface area contributed by atoms with Crippen molar-refractivity contribution in [3.63, 3.8) is 0 Å². The Morgan fingerprint density at radius 3 is 2.54 bits per heavy atom. The topological polar surface area (TPSA) is 143 Å². The van der Waals surface area contributed by atoms with Gasteiger partial charge in [-0.15, -0.1) is 0 Å². The number of nitrogens with two attached hydrogens (primary N) is 1. The van der Waals surface area contributed by atoms with Gasteiger partial charge in [0.25, 0.3) is 5.96 Å². The monoisotopic (exact) mass is 191 g/mol. The van der Waals surface area contributed by atoms with Crippen LogP contribution in [0.4, 0.5) is 4.79 Å². The molecule has 9 nitrogen and oxygen atoms in total. The molecule has 13 heavy (non-hydrogen) atoms. The van der Waals surface area contributed by atoms with Gasteiger partial charge in [-0.3, -0.25) is 0 Å². The molecule has 0 saturated carbocycles. The van der Waals surface area contributed by atoms with Gasteiger partial charge in [-0.25, -0.2) is 14.9 Å². The van der Waals surface area contributed by atoms with Crippen LogP contribution in [-0.4, -0.2) is 35.3 Å². The highest BCUT2D eigenvalue weighted by Crippen LogP contribution is 1.68. The van der Waals surface area contributed by atoms with E-state index in [-0.39, 0.29) is 19.0 Å². The zero-order chi connectivity index (χ0) is 10.3. The fourth-order valence-corrected chi connectivity index (χ4v) is 0.483. The molecule has 0 rings (SSSR count). The predicted molar refractivity (Wildman–Crippen MR) is 42.6 cm³/mol.